The molecule has 29 heavy (non-hydrogen) atoms. The highest BCUT2D eigenvalue weighted by molar-refractivity contribution is 7.18. The van der Waals surface area contributed by atoms with E-state index in [-0.39, 0.29) is 36.1 Å². The fourth-order valence-corrected chi connectivity index (χ4v) is 6.20. The summed E-state index contributed by atoms with van der Waals surface area (Å²) in [5, 5.41) is 1.15. The largest absolute Gasteiger partial charge is 0.341 e. The molecule has 0 bridgehead atoms. The number of hydrogen-bond donors (Lipinski definition) is 0. The Morgan fingerprint density at radius 3 is 2.31 bits per heavy atom. The molecule has 0 spiro atoms. The highest BCUT2D eigenvalue weighted by atomic mass is 32.1. The van der Waals surface area contributed by atoms with Crippen LogP contribution in [0.25, 0.3) is 10.2 Å². The van der Waals surface area contributed by atoms with Crippen LogP contribution >= 0.6 is 11.3 Å². The number of aromatic nitrogens is 1. The number of fused-ring (bicyclic) bond motifs is 2. The number of likely N-dealkylation sites (tertiary alicyclic amines) is 2. The number of carbonyl (C=O) groups is 3. The number of amides is 3. The Kier molecular flexibility index (Phi) is 4.86. The molecule has 3 amide bonds. The Bertz CT molecular complexity index is 906. The summed E-state index contributed by atoms with van der Waals surface area (Å²) in [5.41, 5.74) is 1.04. The van der Waals surface area contributed by atoms with Crippen molar-refractivity contribution >= 4 is 39.3 Å². The average Bonchev–Trinajstić information content (AvgIpc) is 3.29. The molecular weight excluding hydrogens is 386 g/mol. The van der Waals surface area contributed by atoms with Crippen LogP contribution in [-0.2, 0) is 14.4 Å². The zero-order valence-corrected chi connectivity index (χ0v) is 17.2. The second-order valence-corrected chi connectivity index (χ2v) is 9.50. The lowest BCUT2D eigenvalue weighted by Crippen LogP contribution is -2.45. The maximum absolute atomic E-state index is 12.8. The quantitative estimate of drug-likeness (QED) is 0.728. The molecule has 1 saturated carbocycles. The lowest BCUT2D eigenvalue weighted by atomic mass is 9.81. The molecule has 1 aliphatic carbocycles. The van der Waals surface area contributed by atoms with Crippen molar-refractivity contribution in [3.8, 4) is 0 Å². The molecule has 6 nitrogen and oxygen atoms in total. The van der Waals surface area contributed by atoms with Crippen molar-refractivity contribution in [3.05, 3.63) is 29.3 Å². The molecule has 2 atom stereocenters. The first-order valence-electron chi connectivity index (χ1n) is 10.6. The summed E-state index contributed by atoms with van der Waals surface area (Å²) < 4.78 is 1.20. The van der Waals surface area contributed by atoms with Crippen molar-refractivity contribution in [2.45, 2.75) is 44.4 Å². The van der Waals surface area contributed by atoms with E-state index in [1.165, 1.54) is 9.60 Å². The minimum absolute atomic E-state index is 0.0868. The highest BCUT2D eigenvalue weighted by Gasteiger charge is 2.48. The van der Waals surface area contributed by atoms with Crippen LogP contribution in [0.3, 0.4) is 0 Å². The second kappa shape index (κ2) is 7.52. The molecule has 0 radical (unpaired) electrons. The standard InChI is InChI=1S/C22H25N3O3S/c26-19(13-25-21(27)15-5-1-2-6-16(15)22(25)28)24-11-9-14(10-12-24)20-23-17-7-3-4-8-18(17)29-20/h3-4,7-8,14-16H,1-2,5-6,9-13H2. The van der Waals surface area contributed by atoms with Gasteiger partial charge in [-0.2, -0.15) is 0 Å². The van der Waals surface area contributed by atoms with Crippen LogP contribution in [0, 0.1) is 11.8 Å². The van der Waals surface area contributed by atoms with E-state index in [1.54, 1.807) is 11.3 Å². The van der Waals surface area contributed by atoms with Gasteiger partial charge in [-0.1, -0.05) is 25.0 Å². The van der Waals surface area contributed by atoms with Gasteiger partial charge < -0.3 is 4.90 Å². The van der Waals surface area contributed by atoms with Crippen molar-refractivity contribution in [1.29, 1.82) is 0 Å². The molecule has 3 heterocycles. The van der Waals surface area contributed by atoms with Crippen LogP contribution in [0.4, 0.5) is 0 Å². The zero-order chi connectivity index (χ0) is 20.0. The Labute approximate surface area is 173 Å². The molecule has 1 aromatic carbocycles. The number of nitrogens with zero attached hydrogens (tertiary/aromatic N) is 3. The number of hydrogen-bond acceptors (Lipinski definition) is 5. The average molecular weight is 412 g/mol. The number of piperidine rings is 1. The fraction of sp³-hybridized carbons (Fsp3) is 0.545. The first-order chi connectivity index (χ1) is 14.1. The normalized spacial score (nSPS) is 25.7. The molecule has 0 N–H and O–H groups in total. The van der Waals surface area contributed by atoms with Gasteiger partial charge >= 0.3 is 0 Å². The van der Waals surface area contributed by atoms with E-state index < -0.39 is 0 Å². The minimum atomic E-state index is -0.186. The molecule has 2 saturated heterocycles. The third kappa shape index (κ3) is 3.35. The Morgan fingerprint density at radius 1 is 1.00 bits per heavy atom. The van der Waals surface area contributed by atoms with Crippen molar-refractivity contribution in [1.82, 2.24) is 14.8 Å². The molecule has 7 heteroatoms. The minimum Gasteiger partial charge on any atom is -0.341 e. The first-order valence-corrected chi connectivity index (χ1v) is 11.4. The van der Waals surface area contributed by atoms with E-state index in [0.29, 0.717) is 19.0 Å². The zero-order valence-electron chi connectivity index (χ0n) is 16.4. The molecule has 2 aromatic rings. The SMILES string of the molecule is O=C(CN1C(=O)C2CCCCC2C1=O)N1CCC(c2nc3ccccc3s2)CC1. The number of imide groups is 1. The maximum Gasteiger partial charge on any atom is 0.242 e. The smallest absolute Gasteiger partial charge is 0.242 e. The van der Waals surface area contributed by atoms with Crippen molar-refractivity contribution in [2.75, 3.05) is 19.6 Å². The monoisotopic (exact) mass is 411 g/mol. The third-order valence-corrected chi connectivity index (χ3v) is 7.93. The van der Waals surface area contributed by atoms with E-state index in [2.05, 4.69) is 6.07 Å². The van der Waals surface area contributed by atoms with Crippen LogP contribution in [-0.4, -0.2) is 52.1 Å². The van der Waals surface area contributed by atoms with Crippen LogP contribution in [0.2, 0.25) is 0 Å². The summed E-state index contributed by atoms with van der Waals surface area (Å²) in [6.07, 6.45) is 5.32. The van der Waals surface area contributed by atoms with Crippen LogP contribution < -0.4 is 0 Å². The topological polar surface area (TPSA) is 70.6 Å². The van der Waals surface area contributed by atoms with Gasteiger partial charge in [0.1, 0.15) is 6.54 Å². The van der Waals surface area contributed by atoms with E-state index in [0.717, 1.165) is 49.0 Å². The van der Waals surface area contributed by atoms with Gasteiger partial charge in [0.2, 0.25) is 17.7 Å². The molecule has 3 aliphatic rings. The van der Waals surface area contributed by atoms with Gasteiger partial charge in [-0.25, -0.2) is 4.98 Å². The number of para-hydroxylation sites is 1. The molecule has 1 aromatic heterocycles. The second-order valence-electron chi connectivity index (χ2n) is 8.43. The Balaban J connectivity index is 1.20. The van der Waals surface area contributed by atoms with Crippen LogP contribution in [0.5, 0.6) is 0 Å². The molecule has 2 unspecified atom stereocenters. The molecule has 5 rings (SSSR count). The fourth-order valence-electron chi connectivity index (χ4n) is 5.06. The highest BCUT2D eigenvalue weighted by Crippen LogP contribution is 2.38. The van der Waals surface area contributed by atoms with Crippen molar-refractivity contribution < 1.29 is 14.4 Å². The summed E-state index contributed by atoms with van der Waals surface area (Å²) in [6.45, 7) is 1.22. The third-order valence-electron chi connectivity index (χ3n) is 6.73. The van der Waals surface area contributed by atoms with E-state index in [9.17, 15) is 14.4 Å². The Hall–Kier alpha value is -2.28. The summed E-state index contributed by atoms with van der Waals surface area (Å²) >= 11 is 1.74. The predicted molar refractivity (Wildman–Crippen MR) is 110 cm³/mol. The summed E-state index contributed by atoms with van der Waals surface area (Å²) in [5.74, 6) is -0.361. The Morgan fingerprint density at radius 2 is 1.66 bits per heavy atom. The van der Waals surface area contributed by atoms with Gasteiger partial charge in [-0.3, -0.25) is 19.3 Å². The number of benzene rings is 1. The maximum atomic E-state index is 12.8. The van der Waals surface area contributed by atoms with E-state index >= 15 is 0 Å². The van der Waals surface area contributed by atoms with Gasteiger partial charge in [0, 0.05) is 19.0 Å². The molecule has 2 aliphatic heterocycles. The van der Waals surface area contributed by atoms with Crippen molar-refractivity contribution in [3.63, 3.8) is 0 Å². The summed E-state index contributed by atoms with van der Waals surface area (Å²) in [4.78, 5) is 45.9. The summed E-state index contributed by atoms with van der Waals surface area (Å²) in [6, 6.07) is 8.17. The van der Waals surface area contributed by atoms with Gasteiger partial charge in [0.25, 0.3) is 0 Å². The van der Waals surface area contributed by atoms with E-state index in [4.69, 9.17) is 4.98 Å². The number of thiazole rings is 1. The summed E-state index contributed by atoms with van der Waals surface area (Å²) in [7, 11) is 0. The lowest BCUT2D eigenvalue weighted by molar-refractivity contribution is -0.147. The van der Waals surface area contributed by atoms with Gasteiger partial charge in [-0.05, 0) is 37.8 Å². The molecular formula is C22H25N3O3S. The predicted octanol–water partition coefficient (Wildman–Crippen LogP) is 3.18. The van der Waals surface area contributed by atoms with Gasteiger partial charge in [0.15, 0.2) is 0 Å². The van der Waals surface area contributed by atoms with Crippen LogP contribution in [0.1, 0.15) is 49.5 Å². The molecule has 3 fully saturated rings. The van der Waals surface area contributed by atoms with Crippen molar-refractivity contribution in [2.24, 2.45) is 11.8 Å². The van der Waals surface area contributed by atoms with Gasteiger partial charge in [-0.15, -0.1) is 11.3 Å². The first kappa shape index (κ1) is 18.7. The van der Waals surface area contributed by atoms with Crippen LogP contribution in [0.15, 0.2) is 24.3 Å². The lowest BCUT2D eigenvalue weighted by Gasteiger charge is -2.32. The number of rotatable bonds is 3. The van der Waals surface area contributed by atoms with E-state index in [1.807, 2.05) is 23.1 Å². The number of carbonyl (C=O) groups excluding carboxylic acids is 3. The van der Waals surface area contributed by atoms with Gasteiger partial charge in [0.05, 0.1) is 27.1 Å². The molecule has 152 valence electrons.